The maximum Gasteiger partial charge on any atom is 0.124 e. The Morgan fingerprint density at radius 3 is 2.25 bits per heavy atom. The molecule has 1 nitrogen and oxygen atoms in total. The van der Waals surface area contributed by atoms with Crippen molar-refractivity contribution in [1.82, 2.24) is 5.32 Å². The van der Waals surface area contributed by atoms with Crippen LogP contribution in [0.15, 0.2) is 42.5 Å². The van der Waals surface area contributed by atoms with E-state index in [2.05, 4.69) is 43.4 Å². The van der Waals surface area contributed by atoms with Crippen molar-refractivity contribution in [2.24, 2.45) is 0 Å². The van der Waals surface area contributed by atoms with E-state index >= 15 is 0 Å². The molecule has 2 rings (SSSR count). The standard InChI is InChI=1S/C17H19ClFN/c1-11-4-6-14(7-5-11)12(2)20-13(3)16-9-8-15(19)10-17(16)18/h4-10,12-13,20H,1-3H3/t12-,13?/m0/s1. The summed E-state index contributed by atoms with van der Waals surface area (Å²) in [5.74, 6) is -0.308. The molecule has 0 saturated heterocycles. The second kappa shape index (κ2) is 6.38. The van der Waals surface area contributed by atoms with Crippen molar-refractivity contribution in [1.29, 1.82) is 0 Å². The minimum absolute atomic E-state index is 0.0550. The zero-order valence-electron chi connectivity index (χ0n) is 12.0. The lowest BCUT2D eigenvalue weighted by Gasteiger charge is -2.21. The lowest BCUT2D eigenvalue weighted by molar-refractivity contribution is 0.494. The van der Waals surface area contributed by atoms with Gasteiger partial charge in [0.15, 0.2) is 0 Å². The van der Waals surface area contributed by atoms with Crippen LogP contribution in [0.1, 0.15) is 42.6 Å². The van der Waals surface area contributed by atoms with E-state index in [-0.39, 0.29) is 17.9 Å². The van der Waals surface area contributed by atoms with Gasteiger partial charge in [-0.15, -0.1) is 0 Å². The van der Waals surface area contributed by atoms with Gasteiger partial charge in [-0.05, 0) is 44.0 Å². The molecule has 2 aromatic carbocycles. The van der Waals surface area contributed by atoms with E-state index in [1.807, 2.05) is 6.92 Å². The summed E-state index contributed by atoms with van der Waals surface area (Å²) in [6.45, 7) is 6.21. The Bertz CT molecular complexity index is 580. The highest BCUT2D eigenvalue weighted by Crippen LogP contribution is 2.26. The third kappa shape index (κ3) is 3.59. The molecule has 1 N–H and O–H groups in total. The van der Waals surface area contributed by atoms with Crippen LogP contribution in [0.5, 0.6) is 0 Å². The van der Waals surface area contributed by atoms with Gasteiger partial charge in [0.05, 0.1) is 0 Å². The first-order chi connectivity index (χ1) is 9.47. The predicted octanol–water partition coefficient (Wildman–Crippen LogP) is 5.20. The van der Waals surface area contributed by atoms with E-state index < -0.39 is 0 Å². The van der Waals surface area contributed by atoms with Gasteiger partial charge in [0.2, 0.25) is 0 Å². The normalized spacial score (nSPS) is 14.1. The molecule has 0 heterocycles. The number of nitrogens with one attached hydrogen (secondary N) is 1. The average Bonchev–Trinajstić information content (AvgIpc) is 2.39. The molecule has 3 heteroatoms. The van der Waals surface area contributed by atoms with E-state index in [0.29, 0.717) is 5.02 Å². The third-order valence-electron chi connectivity index (χ3n) is 3.51. The molecular formula is C17H19ClFN. The minimum atomic E-state index is -0.308. The molecule has 0 radical (unpaired) electrons. The van der Waals surface area contributed by atoms with E-state index in [4.69, 9.17) is 11.6 Å². The number of halogens is 2. The minimum Gasteiger partial charge on any atom is -0.304 e. The average molecular weight is 292 g/mol. The van der Waals surface area contributed by atoms with Crippen LogP contribution in [0.4, 0.5) is 4.39 Å². The largest absolute Gasteiger partial charge is 0.304 e. The van der Waals surface area contributed by atoms with Gasteiger partial charge in [-0.25, -0.2) is 4.39 Å². The van der Waals surface area contributed by atoms with Crippen molar-refractivity contribution < 1.29 is 4.39 Å². The smallest absolute Gasteiger partial charge is 0.124 e. The first-order valence-corrected chi connectivity index (χ1v) is 7.12. The Balaban J connectivity index is 2.10. The Labute approximate surface area is 124 Å². The van der Waals surface area contributed by atoms with Crippen molar-refractivity contribution >= 4 is 11.6 Å². The molecule has 2 aromatic rings. The highest BCUT2D eigenvalue weighted by molar-refractivity contribution is 6.31. The molecule has 0 spiro atoms. The number of aryl methyl sites for hydroxylation is 1. The molecule has 0 bridgehead atoms. The van der Waals surface area contributed by atoms with Crippen LogP contribution in [0, 0.1) is 12.7 Å². The van der Waals surface area contributed by atoms with Gasteiger partial charge in [0, 0.05) is 17.1 Å². The Hall–Kier alpha value is -1.38. The molecule has 2 atom stereocenters. The second-order valence-corrected chi connectivity index (χ2v) is 5.59. The van der Waals surface area contributed by atoms with E-state index in [0.717, 1.165) is 5.56 Å². The second-order valence-electron chi connectivity index (χ2n) is 5.19. The monoisotopic (exact) mass is 291 g/mol. The van der Waals surface area contributed by atoms with Crippen LogP contribution in [-0.2, 0) is 0 Å². The maximum absolute atomic E-state index is 13.1. The van der Waals surface area contributed by atoms with E-state index in [9.17, 15) is 4.39 Å². The number of benzene rings is 2. The van der Waals surface area contributed by atoms with Crippen LogP contribution in [0.3, 0.4) is 0 Å². The van der Waals surface area contributed by atoms with Gasteiger partial charge in [-0.3, -0.25) is 0 Å². The molecule has 0 aliphatic carbocycles. The Kier molecular flexibility index (Phi) is 4.79. The molecule has 0 amide bonds. The Morgan fingerprint density at radius 1 is 1.00 bits per heavy atom. The summed E-state index contributed by atoms with van der Waals surface area (Å²) in [7, 11) is 0. The van der Waals surface area contributed by atoms with E-state index in [1.165, 1.54) is 23.3 Å². The first kappa shape index (κ1) is 15.0. The van der Waals surface area contributed by atoms with Gasteiger partial charge in [-0.2, -0.15) is 0 Å². The summed E-state index contributed by atoms with van der Waals surface area (Å²) in [5, 5.41) is 3.94. The highest BCUT2D eigenvalue weighted by Gasteiger charge is 2.14. The summed E-state index contributed by atoms with van der Waals surface area (Å²) in [5.41, 5.74) is 3.38. The number of rotatable bonds is 4. The van der Waals surface area contributed by atoms with Gasteiger partial charge in [0.1, 0.15) is 5.82 Å². The van der Waals surface area contributed by atoms with Gasteiger partial charge in [-0.1, -0.05) is 47.5 Å². The summed E-state index contributed by atoms with van der Waals surface area (Å²) < 4.78 is 13.1. The first-order valence-electron chi connectivity index (χ1n) is 6.75. The fraction of sp³-hybridized carbons (Fsp3) is 0.294. The SMILES string of the molecule is Cc1ccc([C@H](C)NC(C)c2ccc(F)cc2Cl)cc1. The molecule has 1 unspecified atom stereocenters. The van der Waals surface area contributed by atoms with Crippen LogP contribution >= 0.6 is 11.6 Å². The molecule has 106 valence electrons. The summed E-state index contributed by atoms with van der Waals surface area (Å²) in [6, 6.07) is 13.2. The maximum atomic E-state index is 13.1. The van der Waals surface area contributed by atoms with Crippen molar-refractivity contribution in [2.45, 2.75) is 32.9 Å². The number of hydrogen-bond donors (Lipinski definition) is 1. The summed E-state index contributed by atoms with van der Waals surface area (Å²) in [4.78, 5) is 0. The summed E-state index contributed by atoms with van der Waals surface area (Å²) >= 11 is 6.09. The Morgan fingerprint density at radius 2 is 1.65 bits per heavy atom. The topological polar surface area (TPSA) is 12.0 Å². The van der Waals surface area contributed by atoms with Crippen LogP contribution in [-0.4, -0.2) is 0 Å². The lowest BCUT2D eigenvalue weighted by atomic mass is 10.0. The predicted molar refractivity (Wildman–Crippen MR) is 82.6 cm³/mol. The molecule has 0 aliphatic rings. The van der Waals surface area contributed by atoms with Crippen molar-refractivity contribution in [3.63, 3.8) is 0 Å². The number of hydrogen-bond acceptors (Lipinski definition) is 1. The van der Waals surface area contributed by atoms with Crippen molar-refractivity contribution in [3.8, 4) is 0 Å². The van der Waals surface area contributed by atoms with Crippen molar-refractivity contribution in [2.75, 3.05) is 0 Å². The molecule has 0 fully saturated rings. The van der Waals surface area contributed by atoms with Crippen LogP contribution in [0.25, 0.3) is 0 Å². The van der Waals surface area contributed by atoms with Crippen LogP contribution in [0.2, 0.25) is 5.02 Å². The third-order valence-corrected chi connectivity index (χ3v) is 3.83. The fourth-order valence-corrected chi connectivity index (χ4v) is 2.60. The fourth-order valence-electron chi connectivity index (χ4n) is 2.27. The molecule has 0 aromatic heterocycles. The highest BCUT2D eigenvalue weighted by atomic mass is 35.5. The van der Waals surface area contributed by atoms with Gasteiger partial charge < -0.3 is 5.32 Å². The summed E-state index contributed by atoms with van der Waals surface area (Å²) in [6.07, 6.45) is 0. The van der Waals surface area contributed by atoms with Crippen molar-refractivity contribution in [3.05, 3.63) is 70.0 Å². The van der Waals surface area contributed by atoms with Gasteiger partial charge in [0.25, 0.3) is 0 Å². The quantitative estimate of drug-likeness (QED) is 0.816. The van der Waals surface area contributed by atoms with Crippen LogP contribution < -0.4 is 5.32 Å². The molecular weight excluding hydrogens is 273 g/mol. The zero-order chi connectivity index (χ0) is 14.7. The zero-order valence-corrected chi connectivity index (χ0v) is 12.7. The van der Waals surface area contributed by atoms with E-state index in [1.54, 1.807) is 6.07 Å². The van der Waals surface area contributed by atoms with Gasteiger partial charge >= 0.3 is 0 Å². The lowest BCUT2D eigenvalue weighted by Crippen LogP contribution is -2.22. The molecule has 20 heavy (non-hydrogen) atoms. The molecule has 0 aliphatic heterocycles. The molecule has 0 saturated carbocycles.